The third-order valence-corrected chi connectivity index (χ3v) is 2.18. The van der Waals surface area contributed by atoms with E-state index in [0.29, 0.717) is 12.4 Å². The molecule has 94 valence electrons. The van der Waals surface area contributed by atoms with Crippen molar-refractivity contribution >= 4 is 11.7 Å². The van der Waals surface area contributed by atoms with Crippen molar-refractivity contribution in [3.63, 3.8) is 0 Å². The van der Waals surface area contributed by atoms with Gasteiger partial charge in [-0.1, -0.05) is 20.8 Å². The second kappa shape index (κ2) is 5.58. The van der Waals surface area contributed by atoms with Gasteiger partial charge in [-0.15, -0.1) is 0 Å². The number of hydrazine groups is 1. The number of hydrogen-bond acceptors (Lipinski definition) is 5. The van der Waals surface area contributed by atoms with E-state index < -0.39 is 0 Å². The number of aromatic nitrogens is 2. The van der Waals surface area contributed by atoms with Crippen molar-refractivity contribution in [2.45, 2.75) is 27.2 Å². The van der Waals surface area contributed by atoms with Gasteiger partial charge in [-0.2, -0.15) is 0 Å². The van der Waals surface area contributed by atoms with E-state index >= 15 is 0 Å². The van der Waals surface area contributed by atoms with Gasteiger partial charge in [0.1, 0.15) is 5.69 Å². The summed E-state index contributed by atoms with van der Waals surface area (Å²) in [5.41, 5.74) is 2.80. The van der Waals surface area contributed by atoms with Gasteiger partial charge in [-0.05, 0) is 11.8 Å². The summed E-state index contributed by atoms with van der Waals surface area (Å²) < 4.78 is 0. The fourth-order valence-corrected chi connectivity index (χ4v) is 1.19. The summed E-state index contributed by atoms with van der Waals surface area (Å²) in [6.45, 7) is 6.98. The highest BCUT2D eigenvalue weighted by Crippen LogP contribution is 2.16. The SMILES string of the molecule is CC(C)(C)CCNC(=O)c1cncc(NN)n1. The quantitative estimate of drug-likeness (QED) is 0.535. The van der Waals surface area contributed by atoms with Gasteiger partial charge in [-0.25, -0.2) is 10.8 Å². The maximum absolute atomic E-state index is 11.7. The van der Waals surface area contributed by atoms with Crippen LogP contribution < -0.4 is 16.6 Å². The van der Waals surface area contributed by atoms with Gasteiger partial charge in [-0.3, -0.25) is 9.78 Å². The van der Waals surface area contributed by atoms with Crippen LogP contribution in [0.5, 0.6) is 0 Å². The number of nitrogen functional groups attached to an aromatic ring is 1. The van der Waals surface area contributed by atoms with Gasteiger partial charge in [0.25, 0.3) is 5.91 Å². The van der Waals surface area contributed by atoms with Crippen LogP contribution in [0.1, 0.15) is 37.7 Å². The molecule has 1 rings (SSSR count). The van der Waals surface area contributed by atoms with Gasteiger partial charge in [0.05, 0.1) is 12.4 Å². The van der Waals surface area contributed by atoms with E-state index in [2.05, 4.69) is 41.5 Å². The number of amides is 1. The topological polar surface area (TPSA) is 92.9 Å². The average molecular weight is 237 g/mol. The third-order valence-electron chi connectivity index (χ3n) is 2.18. The Bertz CT molecular complexity index is 386. The molecule has 6 heteroatoms. The lowest BCUT2D eigenvalue weighted by atomic mass is 9.92. The van der Waals surface area contributed by atoms with Crippen molar-refractivity contribution in [1.82, 2.24) is 15.3 Å². The number of nitrogens with one attached hydrogen (secondary N) is 2. The van der Waals surface area contributed by atoms with Gasteiger partial charge in [0.15, 0.2) is 5.82 Å². The molecule has 6 nitrogen and oxygen atoms in total. The van der Waals surface area contributed by atoms with Crippen molar-refractivity contribution in [2.24, 2.45) is 11.3 Å². The van der Waals surface area contributed by atoms with E-state index in [1.165, 1.54) is 12.4 Å². The van der Waals surface area contributed by atoms with Crippen LogP contribution in [0.15, 0.2) is 12.4 Å². The van der Waals surface area contributed by atoms with Crippen LogP contribution in [0.2, 0.25) is 0 Å². The van der Waals surface area contributed by atoms with Gasteiger partial charge in [0, 0.05) is 6.54 Å². The molecule has 1 amide bonds. The van der Waals surface area contributed by atoms with E-state index in [1.807, 2.05) is 0 Å². The molecule has 4 N–H and O–H groups in total. The Labute approximate surface area is 101 Å². The first kappa shape index (κ1) is 13.4. The highest BCUT2D eigenvalue weighted by Gasteiger charge is 2.12. The molecule has 1 heterocycles. The van der Waals surface area contributed by atoms with Crippen LogP contribution in [0.4, 0.5) is 5.82 Å². The molecule has 0 fully saturated rings. The zero-order chi connectivity index (χ0) is 12.9. The molecule has 0 aliphatic rings. The van der Waals surface area contributed by atoms with Gasteiger partial charge >= 0.3 is 0 Å². The van der Waals surface area contributed by atoms with Crippen LogP contribution >= 0.6 is 0 Å². The monoisotopic (exact) mass is 237 g/mol. The molecule has 17 heavy (non-hydrogen) atoms. The first-order valence-corrected chi connectivity index (χ1v) is 5.49. The summed E-state index contributed by atoms with van der Waals surface area (Å²) in [4.78, 5) is 19.6. The van der Waals surface area contributed by atoms with Crippen molar-refractivity contribution in [2.75, 3.05) is 12.0 Å². The van der Waals surface area contributed by atoms with Crippen molar-refractivity contribution in [3.05, 3.63) is 18.1 Å². The van der Waals surface area contributed by atoms with Crippen LogP contribution in [0.25, 0.3) is 0 Å². The van der Waals surface area contributed by atoms with Crippen LogP contribution in [0.3, 0.4) is 0 Å². The number of hydrogen-bond donors (Lipinski definition) is 3. The number of carbonyl (C=O) groups is 1. The van der Waals surface area contributed by atoms with Gasteiger partial charge in [0.2, 0.25) is 0 Å². The number of carbonyl (C=O) groups excluding carboxylic acids is 1. The normalized spacial score (nSPS) is 11.1. The molecule has 0 aromatic carbocycles. The zero-order valence-electron chi connectivity index (χ0n) is 10.4. The van der Waals surface area contributed by atoms with E-state index in [1.54, 1.807) is 0 Å². The minimum absolute atomic E-state index is 0.194. The number of nitrogens with zero attached hydrogens (tertiary/aromatic N) is 2. The highest BCUT2D eigenvalue weighted by atomic mass is 16.1. The molecule has 1 aromatic heterocycles. The first-order chi connectivity index (χ1) is 7.92. The Balaban J connectivity index is 2.52. The number of nitrogens with two attached hydrogens (primary N) is 1. The molecule has 0 unspecified atom stereocenters. The van der Waals surface area contributed by atoms with E-state index in [-0.39, 0.29) is 17.0 Å². The molecule has 0 saturated carbocycles. The summed E-state index contributed by atoms with van der Waals surface area (Å²) in [5, 5.41) is 2.80. The maximum atomic E-state index is 11.7. The molecule has 0 saturated heterocycles. The lowest BCUT2D eigenvalue weighted by Gasteiger charge is -2.17. The lowest BCUT2D eigenvalue weighted by Crippen LogP contribution is -2.28. The molecular weight excluding hydrogens is 218 g/mol. The molecular formula is C11H19N5O. The Morgan fingerprint density at radius 3 is 2.71 bits per heavy atom. The highest BCUT2D eigenvalue weighted by molar-refractivity contribution is 5.92. The fourth-order valence-electron chi connectivity index (χ4n) is 1.19. The molecule has 0 radical (unpaired) electrons. The summed E-state index contributed by atoms with van der Waals surface area (Å²) >= 11 is 0. The van der Waals surface area contributed by atoms with E-state index in [9.17, 15) is 4.79 Å². The standard InChI is InChI=1S/C11H19N5O/c1-11(2,3)4-5-14-10(17)8-6-13-7-9(15-8)16-12/h6-7H,4-5,12H2,1-3H3,(H,14,17)(H,15,16). The predicted molar refractivity (Wildman–Crippen MR) is 66.2 cm³/mol. The molecule has 0 atom stereocenters. The first-order valence-electron chi connectivity index (χ1n) is 5.49. The van der Waals surface area contributed by atoms with Crippen molar-refractivity contribution < 1.29 is 4.79 Å². The molecule has 0 aliphatic carbocycles. The van der Waals surface area contributed by atoms with Crippen molar-refractivity contribution in [1.29, 1.82) is 0 Å². The zero-order valence-corrected chi connectivity index (χ0v) is 10.4. The Kier molecular flexibility index (Phi) is 4.39. The van der Waals surface area contributed by atoms with E-state index in [0.717, 1.165) is 6.42 Å². The smallest absolute Gasteiger partial charge is 0.271 e. The second-order valence-corrected chi connectivity index (χ2v) is 5.00. The third kappa shape index (κ3) is 4.78. The Morgan fingerprint density at radius 1 is 1.41 bits per heavy atom. The second-order valence-electron chi connectivity index (χ2n) is 5.00. The maximum Gasteiger partial charge on any atom is 0.271 e. The summed E-state index contributed by atoms with van der Waals surface area (Å²) in [5.74, 6) is 5.32. The molecule has 0 spiro atoms. The van der Waals surface area contributed by atoms with Gasteiger partial charge < -0.3 is 10.7 Å². The van der Waals surface area contributed by atoms with E-state index in [4.69, 9.17) is 5.84 Å². The number of rotatable bonds is 4. The molecule has 0 bridgehead atoms. The summed E-state index contributed by atoms with van der Waals surface area (Å²) in [6, 6.07) is 0. The van der Waals surface area contributed by atoms with Crippen LogP contribution in [-0.4, -0.2) is 22.4 Å². The van der Waals surface area contributed by atoms with Crippen LogP contribution in [-0.2, 0) is 0 Å². The Morgan fingerprint density at radius 2 is 2.12 bits per heavy atom. The minimum Gasteiger partial charge on any atom is -0.351 e. The number of anilines is 1. The summed E-state index contributed by atoms with van der Waals surface area (Å²) in [7, 11) is 0. The minimum atomic E-state index is -0.237. The molecule has 1 aromatic rings. The summed E-state index contributed by atoms with van der Waals surface area (Å²) in [6.07, 6.45) is 3.76. The lowest BCUT2D eigenvalue weighted by molar-refractivity contribution is 0.0944. The Hall–Kier alpha value is -1.69. The predicted octanol–water partition coefficient (Wildman–Crippen LogP) is 0.928. The van der Waals surface area contributed by atoms with Crippen molar-refractivity contribution in [3.8, 4) is 0 Å². The average Bonchev–Trinajstić information content (AvgIpc) is 2.27. The largest absolute Gasteiger partial charge is 0.351 e. The fraction of sp³-hybridized carbons (Fsp3) is 0.545. The molecule has 0 aliphatic heterocycles. The van der Waals surface area contributed by atoms with Crippen LogP contribution in [0, 0.1) is 5.41 Å².